The molecule has 0 amide bonds. The number of aryl methyl sites for hydroxylation is 1. The molecule has 0 aliphatic carbocycles. The Morgan fingerprint density at radius 1 is 1.26 bits per heavy atom. The van der Waals surface area contributed by atoms with E-state index < -0.39 is 0 Å². The number of piperidine rings is 1. The van der Waals surface area contributed by atoms with E-state index in [-0.39, 0.29) is 11.7 Å². The van der Waals surface area contributed by atoms with Gasteiger partial charge in [-0.15, -0.1) is 0 Å². The zero-order valence-corrected chi connectivity index (χ0v) is 14.1. The first kappa shape index (κ1) is 16.2. The van der Waals surface area contributed by atoms with Gasteiger partial charge in [-0.1, -0.05) is 17.7 Å². The van der Waals surface area contributed by atoms with Gasteiger partial charge in [0.25, 0.3) is 0 Å². The number of carbonyl (C=O) groups is 1. The zero-order chi connectivity index (χ0) is 16.2. The first-order valence-electron chi connectivity index (χ1n) is 8.06. The van der Waals surface area contributed by atoms with Crippen LogP contribution in [0.15, 0.2) is 42.5 Å². The molecule has 0 bridgehead atoms. The molecule has 4 heteroatoms. The smallest absolute Gasteiger partial charge is 0.167 e. The number of rotatable bonds is 4. The summed E-state index contributed by atoms with van der Waals surface area (Å²) in [6.07, 6.45) is 2.01. The summed E-state index contributed by atoms with van der Waals surface area (Å²) in [4.78, 5) is 19.6. The van der Waals surface area contributed by atoms with E-state index in [0.29, 0.717) is 5.02 Å². The molecular formula is C19H21ClN2O. The van der Waals surface area contributed by atoms with Gasteiger partial charge in [-0.05, 0) is 62.7 Å². The third kappa shape index (κ3) is 4.18. The molecule has 3 nitrogen and oxygen atoms in total. The van der Waals surface area contributed by atoms with E-state index >= 15 is 0 Å². The molecule has 1 atom stereocenters. The summed E-state index contributed by atoms with van der Waals surface area (Å²) in [5.74, 6) is 0.290. The predicted octanol–water partition coefficient (Wildman–Crippen LogP) is 4.14. The van der Waals surface area contributed by atoms with E-state index in [9.17, 15) is 4.79 Å². The lowest BCUT2D eigenvalue weighted by Gasteiger charge is -2.31. The highest BCUT2D eigenvalue weighted by atomic mass is 35.5. The van der Waals surface area contributed by atoms with Crippen molar-refractivity contribution in [2.24, 2.45) is 5.92 Å². The number of pyridine rings is 1. The van der Waals surface area contributed by atoms with Gasteiger partial charge in [0, 0.05) is 35.3 Å². The first-order chi connectivity index (χ1) is 11.1. The SMILES string of the molecule is Cc1cccc(CN2CCC[C@H](C(=O)c3ccc(Cl)cc3)C2)n1. The van der Waals surface area contributed by atoms with Gasteiger partial charge in [-0.2, -0.15) is 0 Å². The molecule has 23 heavy (non-hydrogen) atoms. The van der Waals surface area contributed by atoms with Gasteiger partial charge < -0.3 is 0 Å². The van der Waals surface area contributed by atoms with Crippen LogP contribution in [-0.4, -0.2) is 28.8 Å². The fourth-order valence-corrected chi connectivity index (χ4v) is 3.31. The van der Waals surface area contributed by atoms with Gasteiger partial charge in [0.2, 0.25) is 0 Å². The van der Waals surface area contributed by atoms with Gasteiger partial charge >= 0.3 is 0 Å². The Balaban J connectivity index is 1.66. The molecule has 1 fully saturated rings. The predicted molar refractivity (Wildman–Crippen MR) is 92.8 cm³/mol. The lowest BCUT2D eigenvalue weighted by atomic mass is 9.90. The fourth-order valence-electron chi connectivity index (χ4n) is 3.18. The number of hydrogen-bond donors (Lipinski definition) is 0. The second kappa shape index (κ2) is 7.24. The van der Waals surface area contributed by atoms with Crippen molar-refractivity contribution in [3.63, 3.8) is 0 Å². The minimum atomic E-state index is 0.0646. The number of likely N-dealkylation sites (tertiary alicyclic amines) is 1. The summed E-state index contributed by atoms with van der Waals surface area (Å²) < 4.78 is 0. The lowest BCUT2D eigenvalue weighted by Crippen LogP contribution is -2.38. The maximum atomic E-state index is 12.7. The highest BCUT2D eigenvalue weighted by Crippen LogP contribution is 2.23. The van der Waals surface area contributed by atoms with E-state index in [4.69, 9.17) is 11.6 Å². The summed E-state index contributed by atoms with van der Waals surface area (Å²) in [5, 5.41) is 0.664. The third-order valence-corrected chi connectivity index (χ3v) is 4.59. The highest BCUT2D eigenvalue weighted by molar-refractivity contribution is 6.30. The zero-order valence-electron chi connectivity index (χ0n) is 13.3. The Morgan fingerprint density at radius 2 is 2.04 bits per heavy atom. The summed E-state index contributed by atoms with van der Waals surface area (Å²) in [7, 11) is 0. The van der Waals surface area contributed by atoms with Crippen molar-refractivity contribution in [1.82, 2.24) is 9.88 Å². The third-order valence-electron chi connectivity index (χ3n) is 4.34. The molecule has 0 unspecified atom stereocenters. The molecule has 2 heterocycles. The van der Waals surface area contributed by atoms with Crippen molar-refractivity contribution < 1.29 is 4.79 Å². The monoisotopic (exact) mass is 328 g/mol. The average Bonchev–Trinajstić information content (AvgIpc) is 2.55. The highest BCUT2D eigenvalue weighted by Gasteiger charge is 2.26. The quantitative estimate of drug-likeness (QED) is 0.791. The van der Waals surface area contributed by atoms with E-state index in [1.807, 2.05) is 31.2 Å². The van der Waals surface area contributed by atoms with Crippen molar-refractivity contribution in [1.29, 1.82) is 0 Å². The number of nitrogens with zero attached hydrogens (tertiary/aromatic N) is 2. The van der Waals surface area contributed by atoms with Crippen LogP contribution in [0.25, 0.3) is 0 Å². The molecule has 1 aromatic carbocycles. The van der Waals surface area contributed by atoms with Crippen molar-refractivity contribution >= 4 is 17.4 Å². The molecule has 0 radical (unpaired) electrons. The minimum Gasteiger partial charge on any atom is -0.297 e. The van der Waals surface area contributed by atoms with Crippen LogP contribution in [0.5, 0.6) is 0 Å². The summed E-state index contributed by atoms with van der Waals surface area (Å²) in [5.41, 5.74) is 2.87. The normalized spacial score (nSPS) is 18.8. The van der Waals surface area contributed by atoms with Crippen molar-refractivity contribution in [2.75, 3.05) is 13.1 Å². The molecule has 0 saturated carbocycles. The second-order valence-corrected chi connectivity index (χ2v) is 6.65. The molecule has 1 aliphatic rings. The summed E-state index contributed by atoms with van der Waals surface area (Å²) in [6.45, 7) is 4.65. The number of benzene rings is 1. The molecule has 120 valence electrons. The Kier molecular flexibility index (Phi) is 5.09. The largest absolute Gasteiger partial charge is 0.297 e. The van der Waals surface area contributed by atoms with E-state index in [0.717, 1.165) is 49.4 Å². The van der Waals surface area contributed by atoms with E-state index in [1.54, 1.807) is 12.1 Å². The Morgan fingerprint density at radius 3 is 2.78 bits per heavy atom. The van der Waals surface area contributed by atoms with Gasteiger partial charge in [-0.25, -0.2) is 0 Å². The van der Waals surface area contributed by atoms with Gasteiger partial charge in [0.15, 0.2) is 5.78 Å². The Bertz CT molecular complexity index is 684. The molecule has 2 aromatic rings. The van der Waals surface area contributed by atoms with Crippen LogP contribution in [-0.2, 0) is 6.54 Å². The molecule has 1 aliphatic heterocycles. The van der Waals surface area contributed by atoms with Crippen LogP contribution in [0.2, 0.25) is 5.02 Å². The van der Waals surface area contributed by atoms with Crippen molar-refractivity contribution in [3.8, 4) is 0 Å². The van der Waals surface area contributed by atoms with Crippen molar-refractivity contribution in [3.05, 3.63) is 64.4 Å². The van der Waals surface area contributed by atoms with Crippen molar-refractivity contribution in [2.45, 2.75) is 26.3 Å². The van der Waals surface area contributed by atoms with Gasteiger partial charge in [-0.3, -0.25) is 14.7 Å². The number of ketones is 1. The molecule has 0 spiro atoms. The van der Waals surface area contributed by atoms with Crippen LogP contribution < -0.4 is 0 Å². The molecule has 1 saturated heterocycles. The lowest BCUT2D eigenvalue weighted by molar-refractivity contribution is 0.0810. The van der Waals surface area contributed by atoms with Crippen LogP contribution >= 0.6 is 11.6 Å². The van der Waals surface area contributed by atoms with Crippen LogP contribution in [0.1, 0.15) is 34.6 Å². The molecule has 1 aromatic heterocycles. The molecular weight excluding hydrogens is 308 g/mol. The van der Waals surface area contributed by atoms with Crippen LogP contribution in [0, 0.1) is 12.8 Å². The Hall–Kier alpha value is -1.71. The number of hydrogen-bond acceptors (Lipinski definition) is 3. The van der Waals surface area contributed by atoms with Gasteiger partial charge in [0.05, 0.1) is 5.69 Å². The second-order valence-electron chi connectivity index (χ2n) is 6.22. The molecule has 0 N–H and O–H groups in total. The standard InChI is InChI=1S/C19H21ClN2O/c1-14-4-2-6-18(21-14)13-22-11-3-5-16(12-22)19(23)15-7-9-17(20)10-8-15/h2,4,6-10,16H,3,5,11-13H2,1H3/t16-/m0/s1. The number of aromatic nitrogens is 1. The average molecular weight is 329 g/mol. The molecule has 3 rings (SSSR count). The van der Waals surface area contributed by atoms with E-state index in [2.05, 4.69) is 16.0 Å². The maximum absolute atomic E-state index is 12.7. The minimum absolute atomic E-state index is 0.0646. The number of carbonyl (C=O) groups excluding carboxylic acids is 1. The summed E-state index contributed by atoms with van der Waals surface area (Å²) in [6, 6.07) is 13.3. The maximum Gasteiger partial charge on any atom is 0.167 e. The fraction of sp³-hybridized carbons (Fsp3) is 0.368. The Labute approximate surface area is 142 Å². The topological polar surface area (TPSA) is 33.2 Å². The number of halogens is 1. The van der Waals surface area contributed by atoms with Crippen LogP contribution in [0.3, 0.4) is 0 Å². The van der Waals surface area contributed by atoms with E-state index in [1.165, 1.54) is 0 Å². The first-order valence-corrected chi connectivity index (χ1v) is 8.44. The number of Topliss-reactive ketones (excluding diaryl/α,β-unsaturated/α-hetero) is 1. The van der Waals surface area contributed by atoms with Gasteiger partial charge in [0.1, 0.15) is 0 Å². The van der Waals surface area contributed by atoms with Crippen LogP contribution in [0.4, 0.5) is 0 Å². The summed E-state index contributed by atoms with van der Waals surface area (Å²) >= 11 is 5.90.